The van der Waals surface area contributed by atoms with Gasteiger partial charge in [0.25, 0.3) is 0 Å². The second-order valence-corrected chi connectivity index (χ2v) is 21.0. The summed E-state index contributed by atoms with van der Waals surface area (Å²) in [6, 6.07) is 0. The predicted molar refractivity (Wildman–Crippen MR) is 99.7 cm³/mol. The van der Waals surface area contributed by atoms with Crippen LogP contribution in [0.3, 0.4) is 0 Å². The van der Waals surface area contributed by atoms with E-state index in [4.69, 9.17) is 0 Å². The third-order valence-corrected chi connectivity index (χ3v) is 21.5. The molecule has 0 aromatic heterocycles. The van der Waals surface area contributed by atoms with Gasteiger partial charge < -0.3 is 0 Å². The van der Waals surface area contributed by atoms with E-state index >= 15 is 0 Å². The SMILES string of the molecule is CCCCCC[CH](O)[Sn]([CH2]CCC)([CH2]CCC)[CH2]CCC. The van der Waals surface area contributed by atoms with Crippen molar-refractivity contribution in [1.82, 2.24) is 0 Å². The quantitative estimate of drug-likeness (QED) is 0.237. The molecule has 128 valence electrons. The maximum absolute atomic E-state index is 11.0. The van der Waals surface area contributed by atoms with Crippen LogP contribution in [-0.4, -0.2) is 27.6 Å². The number of hydrogen-bond donors (Lipinski definition) is 1. The van der Waals surface area contributed by atoms with Gasteiger partial charge in [-0.1, -0.05) is 0 Å². The van der Waals surface area contributed by atoms with Crippen LogP contribution in [0.5, 0.6) is 0 Å². The van der Waals surface area contributed by atoms with Gasteiger partial charge in [0.2, 0.25) is 0 Å². The van der Waals surface area contributed by atoms with Crippen LogP contribution in [0.1, 0.15) is 98.3 Å². The first-order valence-corrected chi connectivity index (χ1v) is 17.5. The van der Waals surface area contributed by atoms with Crippen molar-refractivity contribution in [3.05, 3.63) is 0 Å². The molecule has 0 fully saturated rings. The molecule has 0 radical (unpaired) electrons. The molecule has 0 rings (SSSR count). The Balaban J connectivity index is 4.65. The van der Waals surface area contributed by atoms with Crippen molar-refractivity contribution in [2.24, 2.45) is 0 Å². The molecule has 0 spiro atoms. The number of aliphatic hydroxyl groups excluding tert-OH is 1. The van der Waals surface area contributed by atoms with Crippen LogP contribution in [0, 0.1) is 0 Å². The number of unbranched alkanes of at least 4 members (excludes halogenated alkanes) is 6. The van der Waals surface area contributed by atoms with E-state index in [-0.39, 0.29) is 4.12 Å². The van der Waals surface area contributed by atoms with E-state index < -0.39 is 18.4 Å². The van der Waals surface area contributed by atoms with Gasteiger partial charge in [-0.3, -0.25) is 0 Å². The van der Waals surface area contributed by atoms with Crippen LogP contribution in [0.2, 0.25) is 13.3 Å². The molecule has 1 unspecified atom stereocenters. The molecule has 0 heterocycles. The summed E-state index contributed by atoms with van der Waals surface area (Å²) in [6.07, 6.45) is 14.4. The van der Waals surface area contributed by atoms with E-state index in [9.17, 15) is 5.11 Å². The molecule has 21 heavy (non-hydrogen) atoms. The summed E-state index contributed by atoms with van der Waals surface area (Å²) in [5.41, 5.74) is 0. The number of aliphatic hydroxyl groups is 1. The molecule has 0 aliphatic heterocycles. The van der Waals surface area contributed by atoms with E-state index in [1.54, 1.807) is 0 Å². The van der Waals surface area contributed by atoms with Gasteiger partial charge in [0.1, 0.15) is 0 Å². The van der Waals surface area contributed by atoms with Gasteiger partial charge in [-0.2, -0.15) is 0 Å². The molecule has 0 bridgehead atoms. The molecule has 2 heteroatoms. The molecular weight excluding hydrogens is 363 g/mol. The van der Waals surface area contributed by atoms with E-state index in [2.05, 4.69) is 27.7 Å². The van der Waals surface area contributed by atoms with Gasteiger partial charge in [0.15, 0.2) is 0 Å². The van der Waals surface area contributed by atoms with Gasteiger partial charge >= 0.3 is 139 Å². The minimum absolute atomic E-state index is 0.140. The number of rotatable bonds is 15. The van der Waals surface area contributed by atoms with Gasteiger partial charge in [-0.25, -0.2) is 0 Å². The zero-order valence-corrected chi connectivity index (χ0v) is 18.3. The van der Waals surface area contributed by atoms with Crippen LogP contribution in [0.25, 0.3) is 0 Å². The summed E-state index contributed by atoms with van der Waals surface area (Å²) in [5.74, 6) is 0. The third kappa shape index (κ3) is 9.48. The van der Waals surface area contributed by atoms with Gasteiger partial charge in [-0.05, 0) is 0 Å². The zero-order chi connectivity index (χ0) is 16.0. The number of hydrogen-bond acceptors (Lipinski definition) is 1. The first kappa shape index (κ1) is 21.8. The topological polar surface area (TPSA) is 20.2 Å². The monoisotopic (exact) mass is 406 g/mol. The van der Waals surface area contributed by atoms with Crippen LogP contribution in [0.4, 0.5) is 0 Å². The van der Waals surface area contributed by atoms with Crippen molar-refractivity contribution in [2.75, 3.05) is 0 Å². The van der Waals surface area contributed by atoms with Crippen molar-refractivity contribution in [1.29, 1.82) is 0 Å². The van der Waals surface area contributed by atoms with Crippen LogP contribution >= 0.6 is 0 Å². The first-order chi connectivity index (χ1) is 10.2. The van der Waals surface area contributed by atoms with Crippen LogP contribution in [-0.2, 0) is 0 Å². The van der Waals surface area contributed by atoms with Gasteiger partial charge in [0.05, 0.1) is 0 Å². The Morgan fingerprint density at radius 1 is 0.619 bits per heavy atom. The van der Waals surface area contributed by atoms with Crippen molar-refractivity contribution < 1.29 is 5.11 Å². The first-order valence-electron chi connectivity index (χ1n) is 9.84. The maximum atomic E-state index is 11.0. The molecule has 0 aromatic carbocycles. The Kier molecular flexibility index (Phi) is 14.9. The van der Waals surface area contributed by atoms with E-state index in [1.807, 2.05) is 0 Å². The average molecular weight is 405 g/mol. The van der Waals surface area contributed by atoms with Gasteiger partial charge in [0, 0.05) is 0 Å². The second kappa shape index (κ2) is 14.4. The Morgan fingerprint density at radius 3 is 1.43 bits per heavy atom. The third-order valence-electron chi connectivity index (χ3n) is 5.12. The summed E-state index contributed by atoms with van der Waals surface area (Å²) in [5, 5.41) is 11.0. The molecule has 0 saturated carbocycles. The molecule has 1 N–H and O–H groups in total. The second-order valence-electron chi connectivity index (χ2n) is 7.04. The Morgan fingerprint density at radius 2 is 1.05 bits per heavy atom. The molecule has 1 nitrogen and oxygen atoms in total. The van der Waals surface area contributed by atoms with E-state index in [0.717, 1.165) is 6.42 Å². The van der Waals surface area contributed by atoms with E-state index in [0.29, 0.717) is 0 Å². The fourth-order valence-corrected chi connectivity index (χ4v) is 19.9. The predicted octanol–water partition coefficient (Wildman–Crippen LogP) is 6.71. The Hall–Kier alpha value is 0.759. The average Bonchev–Trinajstić information content (AvgIpc) is 2.51. The molecular formula is C19H42OSn. The molecule has 0 aromatic rings. The van der Waals surface area contributed by atoms with Crippen molar-refractivity contribution in [3.63, 3.8) is 0 Å². The van der Waals surface area contributed by atoms with Crippen LogP contribution < -0.4 is 0 Å². The van der Waals surface area contributed by atoms with Crippen molar-refractivity contribution in [3.8, 4) is 0 Å². The molecule has 0 aliphatic rings. The Bertz CT molecular complexity index is 196. The molecule has 0 amide bonds. The van der Waals surface area contributed by atoms with Gasteiger partial charge in [-0.15, -0.1) is 0 Å². The molecule has 0 saturated heterocycles. The molecule has 1 atom stereocenters. The fraction of sp³-hybridized carbons (Fsp3) is 1.00. The summed E-state index contributed by atoms with van der Waals surface area (Å²) in [7, 11) is 0. The van der Waals surface area contributed by atoms with Crippen molar-refractivity contribution in [2.45, 2.75) is 116 Å². The standard InChI is InChI=1S/C7H15O.3C4H9.Sn/c1-2-3-4-5-6-7-8;3*1-3-4-2;/h7-8H,2-6H2,1H3;3*1,3-4H2,2H3;. The summed E-state index contributed by atoms with van der Waals surface area (Å²) in [6.45, 7) is 9.20. The van der Waals surface area contributed by atoms with E-state index in [1.165, 1.54) is 77.5 Å². The zero-order valence-electron chi connectivity index (χ0n) is 15.4. The summed E-state index contributed by atoms with van der Waals surface area (Å²) < 4.78 is 4.47. The molecule has 0 aliphatic carbocycles. The minimum atomic E-state index is -2.33. The van der Waals surface area contributed by atoms with Crippen LogP contribution in [0.15, 0.2) is 0 Å². The Labute approximate surface area is 139 Å². The normalized spacial score (nSPS) is 13.6. The summed E-state index contributed by atoms with van der Waals surface area (Å²) in [4.78, 5) is 0. The summed E-state index contributed by atoms with van der Waals surface area (Å²) >= 11 is -2.33. The fourth-order valence-electron chi connectivity index (χ4n) is 3.53. The van der Waals surface area contributed by atoms with Crippen molar-refractivity contribution >= 4 is 18.4 Å².